The maximum atomic E-state index is 10.5. The van der Waals surface area contributed by atoms with Gasteiger partial charge in [0.05, 0.1) is 6.10 Å². The monoisotopic (exact) mass is 300 g/mol. The van der Waals surface area contributed by atoms with Crippen LogP contribution in [0.15, 0.2) is 66.2 Å². The van der Waals surface area contributed by atoms with Gasteiger partial charge in [-0.05, 0) is 46.9 Å². The Hall–Kier alpha value is -2.38. The highest BCUT2D eigenvalue weighted by Gasteiger charge is 2.27. The van der Waals surface area contributed by atoms with Crippen molar-refractivity contribution < 1.29 is 5.11 Å². The van der Waals surface area contributed by atoms with Crippen LogP contribution in [0, 0.1) is 0 Å². The van der Waals surface area contributed by atoms with Crippen molar-refractivity contribution in [2.45, 2.75) is 25.9 Å². The summed E-state index contributed by atoms with van der Waals surface area (Å²) in [5, 5.41) is 12.8. The Morgan fingerprint density at radius 2 is 1.61 bits per heavy atom. The number of hydrogen-bond donors (Lipinski definition) is 1. The average Bonchev–Trinajstić information content (AvgIpc) is 2.89. The smallest absolute Gasteiger partial charge is 0.0770 e. The van der Waals surface area contributed by atoms with Gasteiger partial charge < -0.3 is 5.11 Å². The summed E-state index contributed by atoms with van der Waals surface area (Å²) < 4.78 is 0. The molecule has 0 amide bonds. The van der Waals surface area contributed by atoms with Crippen molar-refractivity contribution in [3.63, 3.8) is 0 Å². The predicted octanol–water partition coefficient (Wildman–Crippen LogP) is 5.44. The Bertz CT molecular complexity index is 918. The number of rotatable bonds is 2. The van der Waals surface area contributed by atoms with Crippen molar-refractivity contribution in [3.8, 4) is 0 Å². The van der Waals surface area contributed by atoms with Crippen LogP contribution in [0.4, 0.5) is 0 Å². The standard InChI is InChI=1S/C22H20O/c1-14-13-17-8-4-6-10-19(17)21(14)20-12-11-16-7-3-5-9-18(16)22(20)15(2)23/h3-13,15,21,23H,1-2H3. The predicted molar refractivity (Wildman–Crippen MR) is 96.5 cm³/mol. The third-order valence-corrected chi connectivity index (χ3v) is 4.88. The molecule has 0 aliphatic heterocycles. The summed E-state index contributed by atoms with van der Waals surface area (Å²) in [4.78, 5) is 0. The van der Waals surface area contributed by atoms with Crippen LogP contribution in [0.3, 0.4) is 0 Å². The van der Waals surface area contributed by atoms with Gasteiger partial charge in [0.25, 0.3) is 0 Å². The zero-order valence-electron chi connectivity index (χ0n) is 13.5. The van der Waals surface area contributed by atoms with Crippen LogP contribution < -0.4 is 0 Å². The second-order valence-corrected chi connectivity index (χ2v) is 6.42. The van der Waals surface area contributed by atoms with Crippen molar-refractivity contribution in [1.29, 1.82) is 0 Å². The first-order valence-corrected chi connectivity index (χ1v) is 8.13. The molecular weight excluding hydrogens is 280 g/mol. The molecule has 23 heavy (non-hydrogen) atoms. The molecule has 0 fully saturated rings. The lowest BCUT2D eigenvalue weighted by molar-refractivity contribution is 0.199. The molecule has 0 radical (unpaired) electrons. The van der Waals surface area contributed by atoms with Crippen LogP contribution in [0.25, 0.3) is 16.8 Å². The van der Waals surface area contributed by atoms with E-state index in [1.165, 1.54) is 27.6 Å². The first-order valence-electron chi connectivity index (χ1n) is 8.13. The average molecular weight is 300 g/mol. The third kappa shape index (κ3) is 2.20. The van der Waals surface area contributed by atoms with E-state index in [9.17, 15) is 5.11 Å². The molecule has 0 saturated carbocycles. The number of aliphatic hydroxyl groups excluding tert-OH is 1. The fraction of sp³-hybridized carbons (Fsp3) is 0.182. The molecule has 3 aromatic rings. The highest BCUT2D eigenvalue weighted by atomic mass is 16.3. The summed E-state index contributed by atoms with van der Waals surface area (Å²) in [5.74, 6) is 0.236. The SMILES string of the molecule is CC1=Cc2ccccc2C1c1ccc2ccccc2c1C(C)O. The molecule has 0 bridgehead atoms. The Labute approximate surface area is 136 Å². The van der Waals surface area contributed by atoms with Crippen LogP contribution in [0.2, 0.25) is 0 Å². The van der Waals surface area contributed by atoms with Crippen molar-refractivity contribution in [2.24, 2.45) is 0 Å². The van der Waals surface area contributed by atoms with E-state index in [2.05, 4.69) is 61.5 Å². The molecule has 4 rings (SSSR count). The van der Waals surface area contributed by atoms with Gasteiger partial charge in [0, 0.05) is 5.92 Å². The van der Waals surface area contributed by atoms with Crippen molar-refractivity contribution in [2.75, 3.05) is 0 Å². The Morgan fingerprint density at radius 1 is 0.870 bits per heavy atom. The first-order chi connectivity index (χ1) is 11.2. The molecule has 1 N–H and O–H groups in total. The lowest BCUT2D eigenvalue weighted by Crippen LogP contribution is -2.07. The van der Waals surface area contributed by atoms with E-state index in [0.29, 0.717) is 0 Å². The zero-order valence-corrected chi connectivity index (χ0v) is 13.5. The molecule has 1 heteroatoms. The van der Waals surface area contributed by atoms with Gasteiger partial charge in [0.2, 0.25) is 0 Å². The maximum absolute atomic E-state index is 10.5. The largest absolute Gasteiger partial charge is 0.389 e. The highest BCUT2D eigenvalue weighted by Crippen LogP contribution is 2.44. The molecule has 2 unspecified atom stereocenters. The third-order valence-electron chi connectivity index (χ3n) is 4.88. The van der Waals surface area contributed by atoms with E-state index in [0.717, 1.165) is 10.9 Å². The van der Waals surface area contributed by atoms with E-state index in [1.807, 2.05) is 19.1 Å². The number of aliphatic hydroxyl groups is 1. The van der Waals surface area contributed by atoms with Gasteiger partial charge in [0.15, 0.2) is 0 Å². The molecule has 1 aliphatic rings. The number of hydrogen-bond acceptors (Lipinski definition) is 1. The van der Waals surface area contributed by atoms with Crippen LogP contribution in [0.5, 0.6) is 0 Å². The minimum absolute atomic E-state index is 0.236. The first kappa shape index (κ1) is 14.2. The van der Waals surface area contributed by atoms with E-state index in [-0.39, 0.29) is 5.92 Å². The van der Waals surface area contributed by atoms with Gasteiger partial charge >= 0.3 is 0 Å². The quantitative estimate of drug-likeness (QED) is 0.668. The molecule has 0 saturated heterocycles. The zero-order chi connectivity index (χ0) is 16.0. The van der Waals surface area contributed by atoms with Crippen LogP contribution >= 0.6 is 0 Å². The van der Waals surface area contributed by atoms with Crippen LogP contribution in [0.1, 0.15) is 48.1 Å². The van der Waals surface area contributed by atoms with E-state index < -0.39 is 6.10 Å². The molecule has 0 spiro atoms. The second kappa shape index (κ2) is 5.36. The normalized spacial score (nSPS) is 17.9. The number of fused-ring (bicyclic) bond motifs is 2. The maximum Gasteiger partial charge on any atom is 0.0770 e. The summed E-state index contributed by atoms with van der Waals surface area (Å²) in [5.41, 5.74) is 6.24. The lowest BCUT2D eigenvalue weighted by Gasteiger charge is -2.22. The lowest BCUT2D eigenvalue weighted by atomic mass is 9.83. The fourth-order valence-corrected chi connectivity index (χ4v) is 3.92. The molecule has 0 aromatic heterocycles. The summed E-state index contributed by atoms with van der Waals surface area (Å²) in [6, 6.07) is 21.2. The van der Waals surface area contributed by atoms with Gasteiger partial charge in [-0.15, -0.1) is 0 Å². The van der Waals surface area contributed by atoms with Crippen molar-refractivity contribution >= 4 is 16.8 Å². The van der Waals surface area contributed by atoms with E-state index >= 15 is 0 Å². The van der Waals surface area contributed by atoms with Gasteiger partial charge in [-0.25, -0.2) is 0 Å². The molecule has 2 atom stereocenters. The van der Waals surface area contributed by atoms with E-state index in [4.69, 9.17) is 0 Å². The molecular formula is C22H20O. The van der Waals surface area contributed by atoms with Gasteiger partial charge in [-0.1, -0.05) is 72.3 Å². The molecule has 114 valence electrons. The minimum Gasteiger partial charge on any atom is -0.389 e. The molecule has 1 aliphatic carbocycles. The fourth-order valence-electron chi connectivity index (χ4n) is 3.92. The van der Waals surface area contributed by atoms with Gasteiger partial charge in [-0.3, -0.25) is 0 Å². The second-order valence-electron chi connectivity index (χ2n) is 6.42. The number of benzene rings is 3. The summed E-state index contributed by atoms with van der Waals surface area (Å²) in [6.45, 7) is 4.05. The van der Waals surface area contributed by atoms with E-state index in [1.54, 1.807) is 0 Å². The van der Waals surface area contributed by atoms with Gasteiger partial charge in [0.1, 0.15) is 0 Å². The molecule has 0 heterocycles. The number of allylic oxidation sites excluding steroid dienone is 1. The Kier molecular flexibility index (Phi) is 3.32. The van der Waals surface area contributed by atoms with Crippen molar-refractivity contribution in [1.82, 2.24) is 0 Å². The van der Waals surface area contributed by atoms with Crippen LogP contribution in [-0.4, -0.2) is 5.11 Å². The summed E-state index contributed by atoms with van der Waals surface area (Å²) >= 11 is 0. The minimum atomic E-state index is -0.489. The van der Waals surface area contributed by atoms with Crippen LogP contribution in [-0.2, 0) is 0 Å². The molecule has 1 nitrogen and oxygen atoms in total. The highest BCUT2D eigenvalue weighted by molar-refractivity contribution is 5.88. The summed E-state index contributed by atoms with van der Waals surface area (Å²) in [6.07, 6.45) is 1.78. The summed E-state index contributed by atoms with van der Waals surface area (Å²) in [7, 11) is 0. The van der Waals surface area contributed by atoms with Crippen molar-refractivity contribution in [3.05, 3.63) is 88.5 Å². The Balaban J connectivity index is 2.00. The topological polar surface area (TPSA) is 20.2 Å². The Morgan fingerprint density at radius 3 is 2.43 bits per heavy atom. The van der Waals surface area contributed by atoms with Gasteiger partial charge in [-0.2, -0.15) is 0 Å². The molecule has 3 aromatic carbocycles.